The van der Waals surface area contributed by atoms with Crippen molar-refractivity contribution in [3.63, 3.8) is 0 Å². The molecule has 4 rings (SSSR count). The van der Waals surface area contributed by atoms with Gasteiger partial charge in [-0.1, -0.05) is 42.5 Å². The predicted octanol–water partition coefficient (Wildman–Crippen LogP) is 5.44. The quantitative estimate of drug-likeness (QED) is 0.501. The minimum atomic E-state index is -4.90. The third-order valence-corrected chi connectivity index (χ3v) is 5.24. The molecule has 0 aliphatic rings. The highest BCUT2D eigenvalue weighted by molar-refractivity contribution is 5.81. The van der Waals surface area contributed by atoms with Crippen molar-refractivity contribution < 1.29 is 18.3 Å². The fraction of sp³-hybridized carbons (Fsp3) is 0.174. The standard InChI is InChI=1S/C23H19F3N2O/c1-15-7-6-8-16(2)21(15)22(29,23(24,25)26)18-11-12-20-17(13-18)14-27-28(20)19-9-4-3-5-10-19/h3-14,29H,1-2H3. The zero-order valence-corrected chi connectivity index (χ0v) is 15.9. The number of aliphatic hydroxyl groups is 1. The van der Waals surface area contributed by atoms with Gasteiger partial charge < -0.3 is 5.11 Å². The fourth-order valence-corrected chi connectivity index (χ4v) is 3.87. The summed E-state index contributed by atoms with van der Waals surface area (Å²) in [4.78, 5) is 0. The van der Waals surface area contributed by atoms with Crippen LogP contribution in [0.1, 0.15) is 22.3 Å². The monoisotopic (exact) mass is 396 g/mol. The highest BCUT2D eigenvalue weighted by Crippen LogP contribution is 2.47. The van der Waals surface area contributed by atoms with E-state index in [0.717, 1.165) is 5.69 Å². The average Bonchev–Trinajstić information content (AvgIpc) is 3.10. The van der Waals surface area contributed by atoms with E-state index in [0.29, 0.717) is 22.0 Å². The Balaban J connectivity index is 1.93. The molecular weight excluding hydrogens is 377 g/mol. The summed E-state index contributed by atoms with van der Waals surface area (Å²) in [7, 11) is 0. The number of nitrogens with zero attached hydrogens (tertiary/aromatic N) is 2. The van der Waals surface area contributed by atoms with Crippen molar-refractivity contribution in [1.29, 1.82) is 0 Å². The first-order valence-corrected chi connectivity index (χ1v) is 9.13. The Bertz CT molecular complexity index is 1160. The SMILES string of the molecule is Cc1cccc(C)c1C(O)(c1ccc2c(cnn2-c2ccccc2)c1)C(F)(F)F. The molecule has 1 aromatic heterocycles. The van der Waals surface area contributed by atoms with Gasteiger partial charge in [-0.05, 0) is 54.8 Å². The number of aromatic nitrogens is 2. The van der Waals surface area contributed by atoms with Crippen molar-refractivity contribution in [2.45, 2.75) is 25.6 Å². The molecule has 1 unspecified atom stereocenters. The van der Waals surface area contributed by atoms with Crippen molar-refractivity contribution in [1.82, 2.24) is 9.78 Å². The Kier molecular flexibility index (Phi) is 4.46. The Hall–Kier alpha value is -3.12. The number of rotatable bonds is 3. The smallest absolute Gasteiger partial charge is 0.372 e. The van der Waals surface area contributed by atoms with Gasteiger partial charge in [0.15, 0.2) is 0 Å². The van der Waals surface area contributed by atoms with E-state index in [1.807, 2.05) is 30.3 Å². The third kappa shape index (κ3) is 3.00. The summed E-state index contributed by atoms with van der Waals surface area (Å²) in [5.41, 5.74) is -1.27. The average molecular weight is 396 g/mol. The van der Waals surface area contributed by atoms with Gasteiger partial charge in [0.05, 0.1) is 17.4 Å². The molecule has 0 amide bonds. The Morgan fingerprint density at radius 1 is 0.862 bits per heavy atom. The topological polar surface area (TPSA) is 38.1 Å². The first-order chi connectivity index (χ1) is 13.7. The zero-order valence-electron chi connectivity index (χ0n) is 15.9. The summed E-state index contributed by atoms with van der Waals surface area (Å²) in [5.74, 6) is 0. The van der Waals surface area contributed by atoms with Gasteiger partial charge >= 0.3 is 6.18 Å². The van der Waals surface area contributed by atoms with Gasteiger partial charge in [0.2, 0.25) is 5.60 Å². The predicted molar refractivity (Wildman–Crippen MR) is 106 cm³/mol. The first kappa shape index (κ1) is 19.2. The van der Waals surface area contributed by atoms with E-state index < -0.39 is 11.8 Å². The molecule has 1 N–H and O–H groups in total. The van der Waals surface area contributed by atoms with Crippen molar-refractivity contribution in [3.8, 4) is 5.69 Å². The number of fused-ring (bicyclic) bond motifs is 1. The van der Waals surface area contributed by atoms with E-state index in [2.05, 4.69) is 5.10 Å². The van der Waals surface area contributed by atoms with Crippen molar-refractivity contribution in [3.05, 3.63) is 95.2 Å². The van der Waals surface area contributed by atoms with Crippen LogP contribution in [-0.4, -0.2) is 21.1 Å². The molecule has 0 saturated heterocycles. The summed E-state index contributed by atoms with van der Waals surface area (Å²) in [6.45, 7) is 3.15. The normalized spacial score (nSPS) is 14.1. The molecule has 6 heteroatoms. The van der Waals surface area contributed by atoms with Crippen molar-refractivity contribution >= 4 is 10.9 Å². The number of para-hydroxylation sites is 1. The van der Waals surface area contributed by atoms with Crippen LogP contribution >= 0.6 is 0 Å². The van der Waals surface area contributed by atoms with Gasteiger partial charge in [-0.3, -0.25) is 0 Å². The van der Waals surface area contributed by atoms with Crippen LogP contribution in [0.4, 0.5) is 13.2 Å². The minimum absolute atomic E-state index is 0.137. The van der Waals surface area contributed by atoms with Gasteiger partial charge in [0, 0.05) is 10.9 Å². The van der Waals surface area contributed by atoms with Gasteiger partial charge in [-0.25, -0.2) is 4.68 Å². The minimum Gasteiger partial charge on any atom is -0.372 e. The van der Waals surface area contributed by atoms with Crippen LogP contribution in [0.25, 0.3) is 16.6 Å². The second-order valence-corrected chi connectivity index (χ2v) is 7.14. The molecule has 0 saturated carbocycles. The molecule has 0 aliphatic carbocycles. The van der Waals surface area contributed by atoms with E-state index in [-0.39, 0.29) is 11.1 Å². The summed E-state index contributed by atoms with van der Waals surface area (Å²) >= 11 is 0. The molecule has 1 heterocycles. The molecule has 29 heavy (non-hydrogen) atoms. The molecule has 0 radical (unpaired) electrons. The summed E-state index contributed by atoms with van der Waals surface area (Å²) in [6, 6.07) is 18.4. The maximum atomic E-state index is 14.2. The lowest BCUT2D eigenvalue weighted by Crippen LogP contribution is -2.44. The van der Waals surface area contributed by atoms with Crippen LogP contribution in [0.3, 0.4) is 0 Å². The summed E-state index contributed by atoms with van der Waals surface area (Å²) in [6.07, 6.45) is -3.39. The van der Waals surface area contributed by atoms with E-state index in [4.69, 9.17) is 0 Å². The molecule has 3 nitrogen and oxygen atoms in total. The Morgan fingerprint density at radius 3 is 2.14 bits per heavy atom. The van der Waals surface area contributed by atoms with Crippen LogP contribution in [0.2, 0.25) is 0 Å². The number of hydrogen-bond acceptors (Lipinski definition) is 2. The number of halogens is 3. The molecule has 148 valence electrons. The van der Waals surface area contributed by atoms with Gasteiger partial charge in [0.1, 0.15) is 0 Å². The Morgan fingerprint density at radius 2 is 1.52 bits per heavy atom. The van der Waals surface area contributed by atoms with Crippen LogP contribution in [0.5, 0.6) is 0 Å². The lowest BCUT2D eigenvalue weighted by molar-refractivity contribution is -0.248. The number of benzene rings is 3. The highest BCUT2D eigenvalue weighted by atomic mass is 19.4. The van der Waals surface area contributed by atoms with E-state index in [1.54, 1.807) is 42.8 Å². The Labute approximate surface area is 166 Å². The number of alkyl halides is 3. The first-order valence-electron chi connectivity index (χ1n) is 9.13. The van der Waals surface area contributed by atoms with Crippen LogP contribution in [0, 0.1) is 13.8 Å². The van der Waals surface area contributed by atoms with Crippen LogP contribution in [-0.2, 0) is 5.60 Å². The lowest BCUT2D eigenvalue weighted by Gasteiger charge is -2.34. The molecule has 4 aromatic rings. The molecule has 3 aromatic carbocycles. The van der Waals surface area contributed by atoms with E-state index in [1.165, 1.54) is 18.3 Å². The third-order valence-electron chi connectivity index (χ3n) is 5.24. The summed E-state index contributed by atoms with van der Waals surface area (Å²) < 4.78 is 44.4. The van der Waals surface area contributed by atoms with Gasteiger partial charge in [0.25, 0.3) is 0 Å². The fourth-order valence-electron chi connectivity index (χ4n) is 3.87. The van der Waals surface area contributed by atoms with Gasteiger partial charge in [-0.2, -0.15) is 18.3 Å². The molecule has 0 aliphatic heterocycles. The van der Waals surface area contributed by atoms with Crippen molar-refractivity contribution in [2.24, 2.45) is 0 Å². The van der Waals surface area contributed by atoms with Crippen LogP contribution in [0.15, 0.2) is 72.9 Å². The highest BCUT2D eigenvalue weighted by Gasteiger charge is 2.57. The molecule has 0 spiro atoms. The molecule has 0 bridgehead atoms. The maximum Gasteiger partial charge on any atom is 0.425 e. The van der Waals surface area contributed by atoms with Crippen LogP contribution < -0.4 is 0 Å². The molecular formula is C23H19F3N2O. The lowest BCUT2D eigenvalue weighted by atomic mass is 9.80. The second-order valence-electron chi connectivity index (χ2n) is 7.14. The second kappa shape index (κ2) is 6.74. The van der Waals surface area contributed by atoms with E-state index >= 15 is 0 Å². The maximum absolute atomic E-state index is 14.2. The van der Waals surface area contributed by atoms with Crippen molar-refractivity contribution in [2.75, 3.05) is 0 Å². The van der Waals surface area contributed by atoms with Gasteiger partial charge in [-0.15, -0.1) is 0 Å². The molecule has 1 atom stereocenters. The zero-order chi connectivity index (χ0) is 20.8. The largest absolute Gasteiger partial charge is 0.425 e. The number of hydrogen-bond donors (Lipinski definition) is 1. The van der Waals surface area contributed by atoms with E-state index in [9.17, 15) is 18.3 Å². The molecule has 0 fully saturated rings. The number of aryl methyl sites for hydroxylation is 2. The summed E-state index contributed by atoms with van der Waals surface area (Å²) in [5, 5.41) is 15.9.